The monoisotopic (exact) mass is 207 g/mol. The lowest BCUT2D eigenvalue weighted by Gasteiger charge is -2.22. The molecule has 15 heavy (non-hydrogen) atoms. The molecule has 1 nitrogen and oxygen atoms in total. The zero-order valence-corrected chi connectivity index (χ0v) is 10.0. The van der Waals surface area contributed by atoms with Gasteiger partial charge in [0.15, 0.2) is 0 Å². The molecule has 1 heteroatoms. The first-order valence-corrected chi connectivity index (χ1v) is 6.72. The van der Waals surface area contributed by atoms with Gasteiger partial charge in [-0.2, -0.15) is 0 Å². The molecule has 0 aliphatic heterocycles. The lowest BCUT2D eigenvalue weighted by molar-refractivity contribution is 0.446. The molecule has 2 aliphatic rings. The van der Waals surface area contributed by atoms with E-state index in [9.17, 15) is 0 Å². The number of hydrogen-bond acceptors (Lipinski definition) is 1. The molecule has 0 aromatic heterocycles. The van der Waals surface area contributed by atoms with E-state index in [0.29, 0.717) is 6.04 Å². The van der Waals surface area contributed by atoms with Crippen LogP contribution in [0.1, 0.15) is 58.3 Å². The quantitative estimate of drug-likeness (QED) is 0.687. The van der Waals surface area contributed by atoms with Gasteiger partial charge in [0.25, 0.3) is 0 Å². The maximum atomic E-state index is 6.42. The molecule has 0 radical (unpaired) electrons. The van der Waals surface area contributed by atoms with E-state index in [-0.39, 0.29) is 0 Å². The normalized spacial score (nSPS) is 34.7. The summed E-state index contributed by atoms with van der Waals surface area (Å²) >= 11 is 0. The molecule has 0 aromatic rings. The smallest absolute Gasteiger partial charge is 0.0282 e. The van der Waals surface area contributed by atoms with Crippen molar-refractivity contribution in [1.82, 2.24) is 0 Å². The summed E-state index contributed by atoms with van der Waals surface area (Å²) in [5, 5.41) is 0. The van der Waals surface area contributed by atoms with Gasteiger partial charge in [0.05, 0.1) is 0 Å². The Balaban J connectivity index is 1.93. The molecular weight excluding hydrogens is 182 g/mol. The van der Waals surface area contributed by atoms with Gasteiger partial charge in [-0.3, -0.25) is 0 Å². The Morgan fingerprint density at radius 3 is 2.87 bits per heavy atom. The maximum absolute atomic E-state index is 6.42. The van der Waals surface area contributed by atoms with Crippen molar-refractivity contribution in [2.45, 2.75) is 64.3 Å². The molecule has 3 unspecified atom stereocenters. The van der Waals surface area contributed by atoms with Crippen molar-refractivity contribution in [1.29, 1.82) is 0 Å². The third kappa shape index (κ3) is 2.84. The first-order valence-electron chi connectivity index (χ1n) is 6.72. The molecule has 3 atom stereocenters. The van der Waals surface area contributed by atoms with E-state index in [0.717, 1.165) is 11.8 Å². The minimum Gasteiger partial charge on any atom is -0.324 e. The van der Waals surface area contributed by atoms with Crippen molar-refractivity contribution in [2.24, 2.45) is 17.6 Å². The van der Waals surface area contributed by atoms with E-state index in [4.69, 9.17) is 5.73 Å². The summed E-state index contributed by atoms with van der Waals surface area (Å²) < 4.78 is 0. The van der Waals surface area contributed by atoms with Crippen LogP contribution in [0.5, 0.6) is 0 Å². The molecule has 1 fully saturated rings. The highest BCUT2D eigenvalue weighted by atomic mass is 14.7. The van der Waals surface area contributed by atoms with Crippen LogP contribution in [0.2, 0.25) is 0 Å². The van der Waals surface area contributed by atoms with E-state index in [1.54, 1.807) is 5.57 Å². The molecule has 0 amide bonds. The predicted octanol–water partition coefficient (Wildman–Crippen LogP) is 3.64. The third-order valence-corrected chi connectivity index (χ3v) is 4.25. The SMILES string of the molecule is CC1CCC(C(N)C2=CCCCCC2)C1. The predicted molar refractivity (Wildman–Crippen MR) is 65.6 cm³/mol. The molecule has 0 heterocycles. The van der Waals surface area contributed by atoms with Crippen LogP contribution >= 0.6 is 0 Å². The molecule has 0 aromatic carbocycles. The van der Waals surface area contributed by atoms with Crippen LogP contribution in [0.15, 0.2) is 11.6 Å². The van der Waals surface area contributed by atoms with Gasteiger partial charge in [0.2, 0.25) is 0 Å². The summed E-state index contributed by atoms with van der Waals surface area (Å²) in [4.78, 5) is 0. The zero-order chi connectivity index (χ0) is 10.7. The number of hydrogen-bond donors (Lipinski definition) is 1. The van der Waals surface area contributed by atoms with Gasteiger partial charge in [0, 0.05) is 6.04 Å². The van der Waals surface area contributed by atoms with Crippen molar-refractivity contribution in [3.8, 4) is 0 Å². The van der Waals surface area contributed by atoms with E-state index in [1.807, 2.05) is 0 Å². The van der Waals surface area contributed by atoms with Gasteiger partial charge >= 0.3 is 0 Å². The topological polar surface area (TPSA) is 26.0 Å². The third-order valence-electron chi connectivity index (χ3n) is 4.25. The summed E-state index contributed by atoms with van der Waals surface area (Å²) in [5.74, 6) is 1.69. The molecule has 1 saturated carbocycles. The van der Waals surface area contributed by atoms with E-state index in [1.165, 1.54) is 51.4 Å². The van der Waals surface area contributed by atoms with E-state index < -0.39 is 0 Å². The van der Waals surface area contributed by atoms with Crippen LogP contribution in [0, 0.1) is 11.8 Å². The van der Waals surface area contributed by atoms with Crippen LogP contribution in [0.3, 0.4) is 0 Å². The lowest BCUT2D eigenvalue weighted by Crippen LogP contribution is -2.30. The number of nitrogens with two attached hydrogens (primary N) is 1. The summed E-state index contributed by atoms with van der Waals surface area (Å²) in [6.07, 6.45) is 13.2. The largest absolute Gasteiger partial charge is 0.324 e. The average Bonchev–Trinajstić information content (AvgIpc) is 2.53. The minimum absolute atomic E-state index is 0.382. The van der Waals surface area contributed by atoms with Crippen LogP contribution < -0.4 is 5.73 Å². The average molecular weight is 207 g/mol. The standard InChI is InChI=1S/C14H25N/c1-11-8-9-13(10-11)14(15)12-6-4-2-3-5-7-12/h6,11,13-14H,2-5,7-10,15H2,1H3. The van der Waals surface area contributed by atoms with Crippen LogP contribution in [-0.4, -0.2) is 6.04 Å². The van der Waals surface area contributed by atoms with Crippen molar-refractivity contribution >= 4 is 0 Å². The molecule has 0 spiro atoms. The van der Waals surface area contributed by atoms with Gasteiger partial charge in [-0.05, 0) is 50.4 Å². The summed E-state index contributed by atoms with van der Waals surface area (Å²) in [6, 6.07) is 0.382. The summed E-state index contributed by atoms with van der Waals surface area (Å²) in [5.41, 5.74) is 7.99. The van der Waals surface area contributed by atoms with Crippen molar-refractivity contribution in [3.63, 3.8) is 0 Å². The van der Waals surface area contributed by atoms with Gasteiger partial charge in [0.1, 0.15) is 0 Å². The highest BCUT2D eigenvalue weighted by Gasteiger charge is 2.28. The van der Waals surface area contributed by atoms with Crippen molar-refractivity contribution in [3.05, 3.63) is 11.6 Å². The molecule has 2 rings (SSSR count). The van der Waals surface area contributed by atoms with Gasteiger partial charge < -0.3 is 5.73 Å². The highest BCUT2D eigenvalue weighted by molar-refractivity contribution is 5.13. The second kappa shape index (κ2) is 5.16. The zero-order valence-electron chi connectivity index (χ0n) is 10.0. The van der Waals surface area contributed by atoms with Crippen molar-refractivity contribution < 1.29 is 0 Å². The second-order valence-corrected chi connectivity index (χ2v) is 5.58. The summed E-state index contributed by atoms with van der Waals surface area (Å²) in [6.45, 7) is 2.37. The van der Waals surface area contributed by atoms with Crippen molar-refractivity contribution in [2.75, 3.05) is 0 Å². The lowest BCUT2D eigenvalue weighted by atomic mass is 9.89. The van der Waals surface area contributed by atoms with Crippen LogP contribution in [0.25, 0.3) is 0 Å². The number of allylic oxidation sites excluding steroid dienone is 1. The Morgan fingerprint density at radius 2 is 2.13 bits per heavy atom. The van der Waals surface area contributed by atoms with Gasteiger partial charge in [-0.25, -0.2) is 0 Å². The Morgan fingerprint density at radius 1 is 1.27 bits per heavy atom. The van der Waals surface area contributed by atoms with Crippen LogP contribution in [-0.2, 0) is 0 Å². The molecule has 0 saturated heterocycles. The van der Waals surface area contributed by atoms with E-state index >= 15 is 0 Å². The fourth-order valence-electron chi connectivity index (χ4n) is 3.22. The molecule has 2 aliphatic carbocycles. The molecule has 86 valence electrons. The van der Waals surface area contributed by atoms with Gasteiger partial charge in [-0.1, -0.05) is 31.4 Å². The summed E-state index contributed by atoms with van der Waals surface area (Å²) in [7, 11) is 0. The maximum Gasteiger partial charge on any atom is 0.0282 e. The first-order chi connectivity index (χ1) is 7.27. The Bertz CT molecular complexity index is 231. The second-order valence-electron chi connectivity index (χ2n) is 5.58. The Hall–Kier alpha value is -0.300. The minimum atomic E-state index is 0.382. The fourth-order valence-corrected chi connectivity index (χ4v) is 3.22. The van der Waals surface area contributed by atoms with Crippen LogP contribution in [0.4, 0.5) is 0 Å². The van der Waals surface area contributed by atoms with Gasteiger partial charge in [-0.15, -0.1) is 0 Å². The fraction of sp³-hybridized carbons (Fsp3) is 0.857. The van der Waals surface area contributed by atoms with E-state index in [2.05, 4.69) is 13.0 Å². The number of rotatable bonds is 2. The Kier molecular flexibility index (Phi) is 3.85. The highest BCUT2D eigenvalue weighted by Crippen LogP contribution is 2.35. The molecule has 0 bridgehead atoms. The first kappa shape index (κ1) is 11.2. The Labute approximate surface area is 94.1 Å². The molecule has 2 N–H and O–H groups in total. The molecular formula is C14H25N.